The van der Waals surface area contributed by atoms with Crippen LogP contribution in [0.5, 0.6) is 0 Å². The molecular formula is C6H10Mg. The summed E-state index contributed by atoms with van der Waals surface area (Å²) in [5.74, 6) is 0. The van der Waals surface area contributed by atoms with Crippen molar-refractivity contribution in [1.29, 1.82) is 0 Å². The van der Waals surface area contributed by atoms with Gasteiger partial charge in [0, 0.05) is 0 Å². The van der Waals surface area contributed by atoms with E-state index in [9.17, 15) is 0 Å². The molecule has 0 aliphatic heterocycles. The summed E-state index contributed by atoms with van der Waals surface area (Å²) in [6.07, 6.45) is 6.46. The molecule has 2 rings (SSSR count). The van der Waals surface area contributed by atoms with E-state index in [0.29, 0.717) is 20.4 Å². The van der Waals surface area contributed by atoms with Crippen LogP contribution in [0.15, 0.2) is 0 Å². The van der Waals surface area contributed by atoms with Crippen molar-refractivity contribution in [1.82, 2.24) is 0 Å². The zero-order chi connectivity index (χ0) is 4.69. The van der Waals surface area contributed by atoms with Gasteiger partial charge in [0.15, 0.2) is 0 Å². The Kier molecular flexibility index (Phi) is 1.07. The zero-order valence-electron chi connectivity index (χ0n) is 4.69. The van der Waals surface area contributed by atoms with Crippen molar-refractivity contribution in [2.45, 2.75) is 33.8 Å². The molecule has 0 nitrogen and oxygen atoms in total. The first-order chi connectivity index (χ1) is 3.45. The first-order valence-electron chi connectivity index (χ1n) is 3.45. The Morgan fingerprint density at radius 2 is 1.29 bits per heavy atom. The van der Waals surface area contributed by atoms with Crippen LogP contribution in [0.4, 0.5) is 0 Å². The van der Waals surface area contributed by atoms with Crippen LogP contribution in [0, 0.1) is 0 Å². The van der Waals surface area contributed by atoms with Gasteiger partial charge in [-0.25, -0.2) is 0 Å². The highest BCUT2D eigenvalue weighted by Crippen LogP contribution is 2.45. The molecule has 0 aromatic carbocycles. The summed E-state index contributed by atoms with van der Waals surface area (Å²) in [5.41, 5.74) is 0. The zero-order valence-corrected chi connectivity index (χ0v) is 6.10. The molecule has 0 radical (unpaired) electrons. The number of hydrogen-bond acceptors (Lipinski definition) is 0. The van der Waals surface area contributed by atoms with Gasteiger partial charge >= 0.3 is 20.4 Å². The summed E-state index contributed by atoms with van der Waals surface area (Å²) in [6.45, 7) is 0. The van der Waals surface area contributed by atoms with Crippen LogP contribution >= 0.6 is 0 Å². The summed E-state index contributed by atoms with van der Waals surface area (Å²) in [7, 11) is 0. The van der Waals surface area contributed by atoms with Crippen LogP contribution < -0.4 is 0 Å². The fourth-order valence-corrected chi connectivity index (χ4v) is 3.54. The van der Waals surface area contributed by atoms with E-state index < -0.39 is 0 Å². The lowest BCUT2D eigenvalue weighted by Crippen LogP contribution is -1.83. The Morgan fingerprint density at radius 3 is 1.57 bits per heavy atom. The van der Waals surface area contributed by atoms with E-state index in [2.05, 4.69) is 0 Å². The lowest BCUT2D eigenvalue weighted by molar-refractivity contribution is 1.32. The van der Waals surface area contributed by atoms with Crippen LogP contribution in [0.1, 0.15) is 25.7 Å². The van der Waals surface area contributed by atoms with Crippen LogP contribution in [0.3, 0.4) is 0 Å². The van der Waals surface area contributed by atoms with Crippen molar-refractivity contribution in [3.63, 3.8) is 0 Å². The normalized spacial score (nSPS) is 29.7. The molecule has 2 aliphatic carbocycles. The third-order valence-corrected chi connectivity index (χ3v) is 5.03. The lowest BCUT2D eigenvalue weighted by Gasteiger charge is -1.79. The molecule has 0 bridgehead atoms. The molecule has 2 aliphatic rings. The van der Waals surface area contributed by atoms with E-state index >= 15 is 0 Å². The predicted molar refractivity (Wildman–Crippen MR) is 31.7 cm³/mol. The largest absolute Gasteiger partial charge is 0.373 e. The fraction of sp³-hybridized carbons (Fsp3) is 1.00. The summed E-state index contributed by atoms with van der Waals surface area (Å²) in [4.78, 5) is 0. The van der Waals surface area contributed by atoms with E-state index in [1.165, 1.54) is 8.09 Å². The first-order valence-corrected chi connectivity index (χ1v) is 5.08. The van der Waals surface area contributed by atoms with Gasteiger partial charge in [-0.05, 0) is 0 Å². The van der Waals surface area contributed by atoms with Crippen LogP contribution in [-0.2, 0) is 0 Å². The van der Waals surface area contributed by atoms with E-state index in [4.69, 9.17) is 0 Å². The molecule has 7 heavy (non-hydrogen) atoms. The van der Waals surface area contributed by atoms with Crippen molar-refractivity contribution in [3.8, 4) is 0 Å². The monoisotopic (exact) mass is 106 g/mol. The molecule has 0 unspecified atom stereocenters. The summed E-state index contributed by atoms with van der Waals surface area (Å²) < 4.78 is 2.65. The average molecular weight is 106 g/mol. The second kappa shape index (κ2) is 1.63. The molecule has 0 saturated heterocycles. The molecule has 0 aromatic rings. The van der Waals surface area contributed by atoms with Crippen molar-refractivity contribution in [3.05, 3.63) is 0 Å². The quantitative estimate of drug-likeness (QED) is 0.472. The standard InChI is InChI=1S/2C3H5.Mg/c2*1-2-3-1;/h2*1H,2-3H2;. The van der Waals surface area contributed by atoms with Crippen LogP contribution in [-0.4, -0.2) is 20.4 Å². The minimum Gasteiger partial charge on any atom is -0.135 e. The van der Waals surface area contributed by atoms with Gasteiger partial charge < -0.3 is 0 Å². The Hall–Kier alpha value is 0.766. The molecular weight excluding hydrogens is 96.4 g/mol. The Bertz CT molecular complexity index is 62.2. The van der Waals surface area contributed by atoms with E-state index in [-0.39, 0.29) is 0 Å². The van der Waals surface area contributed by atoms with Crippen molar-refractivity contribution >= 4 is 20.4 Å². The Balaban J connectivity index is 1.69. The molecule has 1 heteroatoms. The number of rotatable bonds is 2. The molecule has 2 saturated carbocycles. The van der Waals surface area contributed by atoms with Crippen molar-refractivity contribution in [2.24, 2.45) is 0 Å². The van der Waals surface area contributed by atoms with Gasteiger partial charge in [-0.15, -0.1) is 8.09 Å². The Morgan fingerprint density at radius 1 is 0.857 bits per heavy atom. The molecule has 0 heterocycles. The predicted octanol–water partition coefficient (Wildman–Crippen LogP) is 1.86. The fourth-order valence-electron chi connectivity index (χ4n) is 1.18. The molecule has 0 amide bonds. The summed E-state index contributed by atoms with van der Waals surface area (Å²) in [6, 6.07) is 0. The minimum atomic E-state index is 0.503. The highest BCUT2D eigenvalue weighted by molar-refractivity contribution is 6.41. The van der Waals surface area contributed by atoms with Gasteiger partial charge in [0.25, 0.3) is 0 Å². The van der Waals surface area contributed by atoms with E-state index in [0.717, 1.165) is 0 Å². The maximum atomic E-state index is 1.61. The topological polar surface area (TPSA) is 0 Å². The third-order valence-electron chi connectivity index (χ3n) is 2.06. The van der Waals surface area contributed by atoms with Gasteiger partial charge in [-0.3, -0.25) is 0 Å². The Labute approximate surface area is 54.4 Å². The SMILES string of the molecule is C1C[CH]1[Mg][CH]1CC1. The van der Waals surface area contributed by atoms with Crippen molar-refractivity contribution < 1.29 is 0 Å². The summed E-state index contributed by atoms with van der Waals surface area (Å²) in [5, 5.41) is 0. The molecule has 0 spiro atoms. The van der Waals surface area contributed by atoms with Gasteiger partial charge in [0.2, 0.25) is 0 Å². The van der Waals surface area contributed by atoms with E-state index in [1.807, 2.05) is 0 Å². The van der Waals surface area contributed by atoms with Crippen LogP contribution in [0.2, 0.25) is 8.09 Å². The van der Waals surface area contributed by atoms with Gasteiger partial charge in [-0.2, -0.15) is 0 Å². The highest BCUT2D eigenvalue weighted by Gasteiger charge is 2.33. The second-order valence-corrected chi connectivity index (χ2v) is 5.90. The second-order valence-electron chi connectivity index (χ2n) is 3.12. The lowest BCUT2D eigenvalue weighted by atomic mass is 10.9. The maximum absolute atomic E-state index is 1.61. The maximum Gasteiger partial charge on any atom is 0.373 e. The van der Waals surface area contributed by atoms with Crippen LogP contribution in [0.25, 0.3) is 0 Å². The van der Waals surface area contributed by atoms with Gasteiger partial charge in [0.1, 0.15) is 0 Å². The van der Waals surface area contributed by atoms with Gasteiger partial charge in [0.05, 0.1) is 0 Å². The minimum absolute atomic E-state index is 0.503. The average Bonchev–Trinajstić information content (AvgIpc) is 2.33. The third kappa shape index (κ3) is 1.33. The molecule has 0 atom stereocenters. The molecule has 2 fully saturated rings. The first kappa shape index (κ1) is 4.63. The number of hydrogen-bond donors (Lipinski definition) is 0. The molecule has 36 valence electrons. The smallest absolute Gasteiger partial charge is 0.135 e. The molecule has 0 aromatic heterocycles. The highest BCUT2D eigenvalue weighted by atomic mass is 24.5. The van der Waals surface area contributed by atoms with Gasteiger partial charge in [-0.1, -0.05) is 25.7 Å². The van der Waals surface area contributed by atoms with E-state index in [1.54, 1.807) is 25.7 Å². The van der Waals surface area contributed by atoms with Crippen molar-refractivity contribution in [2.75, 3.05) is 0 Å². The molecule has 0 N–H and O–H groups in total. The summed E-state index contributed by atoms with van der Waals surface area (Å²) >= 11 is 0.503.